The Morgan fingerprint density at radius 1 is 0.288 bits per heavy atom. The summed E-state index contributed by atoms with van der Waals surface area (Å²) in [5.41, 5.74) is -14.1. The summed E-state index contributed by atoms with van der Waals surface area (Å²) in [7, 11) is -3.69. The van der Waals surface area contributed by atoms with E-state index in [2.05, 4.69) is 0 Å². The third-order valence-electron chi connectivity index (χ3n) is 7.92. The Morgan fingerprint density at radius 3 is 0.558 bits per heavy atom. The highest BCUT2D eigenvalue weighted by Crippen LogP contribution is 2.34. The van der Waals surface area contributed by atoms with Gasteiger partial charge in [-0.1, -0.05) is 31.4 Å². The van der Waals surface area contributed by atoms with Gasteiger partial charge in [0.05, 0.1) is 0 Å². The topological polar surface area (TPSA) is 0 Å². The second-order valence-electron chi connectivity index (χ2n) is 12.3. The van der Waals surface area contributed by atoms with E-state index in [1.807, 2.05) is 0 Å². The molecule has 0 saturated heterocycles. The van der Waals surface area contributed by atoms with Gasteiger partial charge >= 0.3 is 0 Å². The van der Waals surface area contributed by atoms with E-state index in [1.165, 1.54) is 0 Å². The largest absolute Gasteiger partial charge is 0.221 e. The van der Waals surface area contributed by atoms with Gasteiger partial charge in [-0.15, -0.1) is 0 Å². The van der Waals surface area contributed by atoms with E-state index < -0.39 is 171 Å². The van der Waals surface area contributed by atoms with Gasteiger partial charge in [0.15, 0.2) is 116 Å². The molecule has 0 fully saturated rings. The minimum Gasteiger partial charge on any atom is -0.204 e. The highest BCUT2D eigenvalue weighted by Gasteiger charge is 2.53. The first kappa shape index (κ1) is 40.6. The quantitative estimate of drug-likeness (QED) is 0.0746. The fourth-order valence-corrected chi connectivity index (χ4v) is 7.75. The molecule has 0 atom stereocenters. The third kappa shape index (κ3) is 6.31. The van der Waals surface area contributed by atoms with Gasteiger partial charge in [-0.2, -0.15) is 0 Å². The van der Waals surface area contributed by atoms with Crippen molar-refractivity contribution in [1.29, 1.82) is 0 Å². The average Bonchev–Trinajstić information content (AvgIpc) is 3.08. The standard InChI is InChI=1S/C29H12B2F20Si/c1-52(2,3)4-5(30(6-10(32)18(40)26(48)19(41)11(6)33)7-12(34)20(42)27(49)21(43)13(7)35)31(8-14(36)22(44)28(50)23(45)15(8)37)9-16(38)24(46)29(51)25(47)17(9)39/h5H,4H2,1-3H3. The minimum atomic E-state index is -3.89. The van der Waals surface area contributed by atoms with Crippen molar-refractivity contribution < 1.29 is 87.8 Å². The van der Waals surface area contributed by atoms with Crippen molar-refractivity contribution in [2.24, 2.45) is 0 Å². The van der Waals surface area contributed by atoms with Crippen molar-refractivity contribution in [3.05, 3.63) is 116 Å². The van der Waals surface area contributed by atoms with Crippen molar-refractivity contribution in [1.82, 2.24) is 0 Å². The van der Waals surface area contributed by atoms with Gasteiger partial charge in [0, 0.05) is 29.9 Å². The molecule has 0 spiro atoms. The van der Waals surface area contributed by atoms with E-state index >= 15 is 35.1 Å². The molecule has 0 aromatic heterocycles. The molecule has 278 valence electrons. The molecule has 0 aliphatic rings. The van der Waals surface area contributed by atoms with E-state index in [1.54, 1.807) is 0 Å². The maximum atomic E-state index is 15.6. The summed E-state index contributed by atoms with van der Waals surface area (Å²) in [4.78, 5) is 0. The van der Waals surface area contributed by atoms with Crippen LogP contribution in [0.2, 0.25) is 31.4 Å². The number of hydrogen-bond donors (Lipinski definition) is 0. The van der Waals surface area contributed by atoms with Gasteiger partial charge in [-0.3, -0.25) is 0 Å². The summed E-state index contributed by atoms with van der Waals surface area (Å²) in [6.45, 7) is -4.65. The molecule has 0 aliphatic heterocycles. The van der Waals surface area contributed by atoms with E-state index in [9.17, 15) is 52.7 Å². The molecule has 4 aromatic carbocycles. The molecule has 0 amide bonds. The van der Waals surface area contributed by atoms with Gasteiger partial charge in [0.25, 0.3) is 0 Å². The van der Waals surface area contributed by atoms with Crippen LogP contribution in [-0.2, 0) is 0 Å². The molecule has 0 bridgehead atoms. The van der Waals surface area contributed by atoms with Gasteiger partial charge in [0.1, 0.15) is 0 Å². The Bertz CT molecular complexity index is 1750. The molecule has 0 heterocycles. The first-order valence-corrected chi connectivity index (χ1v) is 17.6. The molecule has 0 nitrogen and oxygen atoms in total. The van der Waals surface area contributed by atoms with Crippen LogP contribution in [0.5, 0.6) is 0 Å². The summed E-state index contributed by atoms with van der Waals surface area (Å²) in [5, 5.41) is 0. The van der Waals surface area contributed by atoms with Crippen LogP contribution in [0.25, 0.3) is 0 Å². The van der Waals surface area contributed by atoms with Crippen LogP contribution in [0.15, 0.2) is 0 Å². The van der Waals surface area contributed by atoms with Gasteiger partial charge in [0.2, 0.25) is 13.4 Å². The molecule has 0 unspecified atom stereocenters. The average molecular weight is 790 g/mol. The second-order valence-corrected chi connectivity index (χ2v) is 17.8. The van der Waals surface area contributed by atoms with Crippen LogP contribution < -0.4 is 21.9 Å². The molecule has 0 radical (unpaired) electrons. The minimum absolute atomic E-state index is 1.04. The fraction of sp³-hybridized carbons (Fsp3) is 0.172. The van der Waals surface area contributed by atoms with Crippen LogP contribution in [0.1, 0.15) is 0 Å². The molecular formula is C29H12B2F20Si. The van der Waals surface area contributed by atoms with E-state index in [0.29, 0.717) is 0 Å². The summed E-state index contributed by atoms with van der Waals surface area (Å²) in [6, 6.07) is -1.44. The zero-order valence-electron chi connectivity index (χ0n) is 25.5. The zero-order valence-corrected chi connectivity index (χ0v) is 26.5. The Balaban J connectivity index is 2.46. The molecule has 4 rings (SSSR count). The summed E-state index contributed by atoms with van der Waals surface area (Å²) in [5.74, 6) is -62.2. The highest BCUT2D eigenvalue weighted by atomic mass is 28.3. The van der Waals surface area contributed by atoms with Crippen LogP contribution in [-0.4, -0.2) is 21.5 Å². The Labute approximate surface area is 279 Å². The number of halogens is 20. The summed E-state index contributed by atoms with van der Waals surface area (Å²) < 4.78 is 298. The first-order chi connectivity index (χ1) is 23.8. The number of hydrogen-bond acceptors (Lipinski definition) is 0. The highest BCUT2D eigenvalue weighted by molar-refractivity contribution is 7.04. The normalized spacial score (nSPS) is 12.0. The lowest BCUT2D eigenvalue weighted by Crippen LogP contribution is -2.64. The van der Waals surface area contributed by atoms with E-state index in [4.69, 9.17) is 0 Å². The molecule has 4 aromatic rings. The molecule has 23 heteroatoms. The Hall–Kier alpha value is -4.17. The Kier molecular flexibility index (Phi) is 10.9. The molecular weight excluding hydrogens is 778 g/mol. The number of benzene rings is 4. The first-order valence-electron chi connectivity index (χ1n) is 13.9. The second kappa shape index (κ2) is 14.0. The summed E-state index contributed by atoms with van der Waals surface area (Å²) in [6.07, 6.45) is 0. The van der Waals surface area contributed by atoms with Crippen molar-refractivity contribution in [3.63, 3.8) is 0 Å². The summed E-state index contributed by atoms with van der Waals surface area (Å²) >= 11 is 0. The predicted molar refractivity (Wildman–Crippen MR) is 147 cm³/mol. The van der Waals surface area contributed by atoms with E-state index in [-0.39, 0.29) is 0 Å². The monoisotopic (exact) mass is 790 g/mol. The SMILES string of the molecule is C[Si](C)(C)CC(B(c1c(F)c(F)c(F)c(F)c1F)c1c(F)c(F)c(F)c(F)c1F)B(c1c(F)c(F)c(F)c(F)c1F)c1c(F)c(F)c(F)c(F)c1F. The van der Waals surface area contributed by atoms with Crippen molar-refractivity contribution >= 4 is 43.4 Å². The predicted octanol–water partition coefficient (Wildman–Crippen LogP) is 7.63. The van der Waals surface area contributed by atoms with Crippen molar-refractivity contribution in [2.75, 3.05) is 0 Å². The lowest BCUT2D eigenvalue weighted by molar-refractivity contribution is 0.381. The zero-order chi connectivity index (χ0) is 39.8. The molecule has 0 N–H and O–H groups in total. The smallest absolute Gasteiger partial charge is 0.204 e. The molecule has 0 aliphatic carbocycles. The van der Waals surface area contributed by atoms with Crippen molar-refractivity contribution in [3.8, 4) is 0 Å². The third-order valence-corrected chi connectivity index (χ3v) is 9.62. The van der Waals surface area contributed by atoms with Crippen molar-refractivity contribution in [2.45, 2.75) is 31.4 Å². The maximum absolute atomic E-state index is 15.6. The fourth-order valence-electron chi connectivity index (χ4n) is 5.86. The van der Waals surface area contributed by atoms with Gasteiger partial charge < -0.3 is 0 Å². The molecule has 52 heavy (non-hydrogen) atoms. The van der Waals surface area contributed by atoms with Crippen LogP contribution in [0.4, 0.5) is 87.8 Å². The van der Waals surface area contributed by atoms with Gasteiger partial charge in [-0.05, 0) is 0 Å². The lowest BCUT2D eigenvalue weighted by atomic mass is 9.15. The van der Waals surface area contributed by atoms with Gasteiger partial charge in [-0.25, -0.2) is 87.8 Å². The van der Waals surface area contributed by atoms with Crippen LogP contribution >= 0.6 is 0 Å². The molecule has 0 saturated carbocycles. The number of rotatable bonds is 8. The maximum Gasteiger partial charge on any atom is 0.221 e. The van der Waals surface area contributed by atoms with Crippen LogP contribution in [0.3, 0.4) is 0 Å². The lowest BCUT2D eigenvalue weighted by Gasteiger charge is -2.36. The Morgan fingerprint density at radius 2 is 0.423 bits per heavy atom. The van der Waals surface area contributed by atoms with Crippen LogP contribution in [0, 0.1) is 116 Å². The van der Waals surface area contributed by atoms with E-state index in [0.717, 1.165) is 19.6 Å².